The van der Waals surface area contributed by atoms with E-state index in [1.807, 2.05) is 0 Å². The number of nitro groups is 1. The second-order valence-corrected chi connectivity index (χ2v) is 7.07. The van der Waals surface area contributed by atoms with Crippen LogP contribution in [0.5, 0.6) is 0 Å². The predicted molar refractivity (Wildman–Crippen MR) is 104 cm³/mol. The molecule has 8 heteroatoms. The lowest BCUT2D eigenvalue weighted by Gasteiger charge is -2.02. The molecule has 0 spiro atoms. The first kappa shape index (κ1) is 18.2. The fourth-order valence-electron chi connectivity index (χ4n) is 2.30. The summed E-state index contributed by atoms with van der Waals surface area (Å²) in [5.41, 5.74) is 0.0769. The lowest BCUT2D eigenvalue weighted by Crippen LogP contribution is -2.12. The molecule has 0 N–H and O–H groups in total. The molecule has 3 aromatic rings. The summed E-state index contributed by atoms with van der Waals surface area (Å²) in [5.74, 6) is -0.518. The van der Waals surface area contributed by atoms with Gasteiger partial charge in [-0.15, -0.1) is 0 Å². The van der Waals surface area contributed by atoms with E-state index in [4.69, 9.17) is 4.42 Å². The van der Waals surface area contributed by atoms with Gasteiger partial charge in [-0.3, -0.25) is 14.9 Å². The Labute approximate surface area is 163 Å². The van der Waals surface area contributed by atoms with Crippen molar-refractivity contribution >= 4 is 60.4 Å². The number of carbonyl (C=O) groups is 1. The van der Waals surface area contributed by atoms with Crippen LogP contribution in [0.4, 0.5) is 5.69 Å². The van der Waals surface area contributed by atoms with Crippen molar-refractivity contribution in [2.75, 3.05) is 0 Å². The second kappa shape index (κ2) is 7.35. The number of hydrogen-bond donors (Lipinski definition) is 0. The number of non-ortho nitro benzene ring substituents is 1. The number of ketones is 1. The third kappa shape index (κ3) is 3.81. The Balaban J connectivity index is 1.93. The maximum absolute atomic E-state index is 12.3. The summed E-state index contributed by atoms with van der Waals surface area (Å²) in [6, 6.07) is 10.6. The number of carbonyl (C=O) groups excluding carboxylic acids is 1. The highest BCUT2D eigenvalue weighted by molar-refractivity contribution is 9.11. The van der Waals surface area contributed by atoms with E-state index in [9.17, 15) is 19.7 Å². The average molecular weight is 479 g/mol. The van der Waals surface area contributed by atoms with E-state index in [2.05, 4.69) is 31.9 Å². The first-order valence-corrected chi connectivity index (χ1v) is 8.83. The molecule has 0 fully saturated rings. The van der Waals surface area contributed by atoms with Crippen molar-refractivity contribution in [1.82, 2.24) is 0 Å². The molecule has 0 saturated carbocycles. The van der Waals surface area contributed by atoms with E-state index in [0.717, 1.165) is 4.47 Å². The average Bonchev–Trinajstić information content (AvgIpc) is 2.60. The van der Waals surface area contributed by atoms with Gasteiger partial charge in [0.1, 0.15) is 5.56 Å². The fraction of sp³-hybridized carbons (Fsp3) is 0. The van der Waals surface area contributed by atoms with Crippen LogP contribution >= 0.6 is 31.9 Å². The van der Waals surface area contributed by atoms with E-state index in [0.29, 0.717) is 21.0 Å². The first-order valence-electron chi connectivity index (χ1n) is 7.25. The summed E-state index contributed by atoms with van der Waals surface area (Å²) in [6.07, 6.45) is 2.71. The Hall–Kier alpha value is -2.58. The summed E-state index contributed by atoms with van der Waals surface area (Å²) >= 11 is 6.66. The molecule has 130 valence electrons. The third-order valence-electron chi connectivity index (χ3n) is 3.55. The van der Waals surface area contributed by atoms with Crippen molar-refractivity contribution in [2.24, 2.45) is 0 Å². The molecule has 0 amide bonds. The summed E-state index contributed by atoms with van der Waals surface area (Å²) in [7, 11) is 0. The smallest absolute Gasteiger partial charge is 0.347 e. The van der Waals surface area contributed by atoms with Gasteiger partial charge in [0, 0.05) is 22.0 Å². The van der Waals surface area contributed by atoms with Crippen LogP contribution in [-0.4, -0.2) is 10.7 Å². The molecule has 3 rings (SSSR count). The van der Waals surface area contributed by atoms with Crippen molar-refractivity contribution in [3.63, 3.8) is 0 Å². The molecule has 0 unspecified atom stereocenters. The van der Waals surface area contributed by atoms with Crippen molar-refractivity contribution in [3.05, 3.63) is 89.1 Å². The minimum atomic E-state index is -0.737. The summed E-state index contributed by atoms with van der Waals surface area (Å²) < 4.78 is 6.61. The first-order chi connectivity index (χ1) is 12.3. The normalized spacial score (nSPS) is 11.2. The number of halogens is 2. The van der Waals surface area contributed by atoms with Crippen LogP contribution in [0, 0.1) is 10.1 Å². The van der Waals surface area contributed by atoms with Gasteiger partial charge in [-0.25, -0.2) is 4.79 Å². The van der Waals surface area contributed by atoms with Gasteiger partial charge < -0.3 is 4.42 Å². The zero-order valence-electron chi connectivity index (χ0n) is 12.9. The second-order valence-electron chi connectivity index (χ2n) is 5.30. The molecule has 0 aliphatic heterocycles. The molecule has 0 saturated heterocycles. The molecule has 0 atom stereocenters. The third-order valence-corrected chi connectivity index (χ3v) is 4.60. The van der Waals surface area contributed by atoms with Crippen molar-refractivity contribution in [2.45, 2.75) is 0 Å². The number of fused-ring (bicyclic) bond motifs is 1. The van der Waals surface area contributed by atoms with Crippen LogP contribution < -0.4 is 5.63 Å². The van der Waals surface area contributed by atoms with E-state index < -0.39 is 16.3 Å². The molecule has 0 aliphatic carbocycles. The lowest BCUT2D eigenvalue weighted by atomic mass is 10.1. The van der Waals surface area contributed by atoms with Crippen molar-refractivity contribution in [1.29, 1.82) is 0 Å². The van der Waals surface area contributed by atoms with Crippen LogP contribution in [0.3, 0.4) is 0 Å². The van der Waals surface area contributed by atoms with E-state index >= 15 is 0 Å². The monoisotopic (exact) mass is 477 g/mol. The number of nitro benzene ring substituents is 1. The summed E-state index contributed by atoms with van der Waals surface area (Å²) in [4.78, 5) is 34.6. The topological polar surface area (TPSA) is 90.4 Å². The molecule has 6 nitrogen and oxygen atoms in total. The minimum Gasteiger partial charge on any atom is -0.421 e. The lowest BCUT2D eigenvalue weighted by molar-refractivity contribution is -0.384. The van der Waals surface area contributed by atoms with Gasteiger partial charge in [0.25, 0.3) is 5.69 Å². The summed E-state index contributed by atoms with van der Waals surface area (Å²) in [5, 5.41) is 11.2. The van der Waals surface area contributed by atoms with Gasteiger partial charge in [-0.1, -0.05) is 22.0 Å². The van der Waals surface area contributed by atoms with Gasteiger partial charge in [-0.2, -0.15) is 0 Å². The van der Waals surface area contributed by atoms with Gasteiger partial charge in [-0.05, 0) is 57.9 Å². The predicted octanol–water partition coefficient (Wildman–Crippen LogP) is 5.12. The van der Waals surface area contributed by atoms with Gasteiger partial charge >= 0.3 is 5.63 Å². The zero-order chi connectivity index (χ0) is 18.8. The summed E-state index contributed by atoms with van der Waals surface area (Å²) in [6.45, 7) is 0. The number of nitrogens with zero attached hydrogens (tertiary/aromatic N) is 1. The van der Waals surface area contributed by atoms with Gasteiger partial charge in [0.15, 0.2) is 11.4 Å². The van der Waals surface area contributed by atoms with Crippen molar-refractivity contribution < 1.29 is 14.1 Å². The Bertz CT molecular complexity index is 1120. The van der Waals surface area contributed by atoms with Crippen LogP contribution in [0.1, 0.15) is 15.9 Å². The van der Waals surface area contributed by atoms with E-state index in [-0.39, 0.29) is 11.3 Å². The van der Waals surface area contributed by atoms with Crippen LogP contribution in [0.15, 0.2) is 66.7 Å². The van der Waals surface area contributed by atoms with Crippen LogP contribution in [-0.2, 0) is 0 Å². The molecule has 0 bridgehead atoms. The Kier molecular flexibility index (Phi) is 5.15. The van der Waals surface area contributed by atoms with E-state index in [1.165, 1.54) is 42.5 Å². The number of benzene rings is 2. The van der Waals surface area contributed by atoms with Crippen LogP contribution in [0.2, 0.25) is 0 Å². The standard InChI is InChI=1S/C18H9Br2NO5/c19-12-7-11-8-14(18(23)26-17(11)15(20)9-12)16(22)6-3-10-1-4-13(5-2-10)21(24)25/h1-9H. The zero-order valence-corrected chi connectivity index (χ0v) is 16.1. The molecular weight excluding hydrogens is 470 g/mol. The maximum atomic E-state index is 12.3. The largest absolute Gasteiger partial charge is 0.421 e. The molecule has 1 aromatic heterocycles. The van der Waals surface area contributed by atoms with Crippen molar-refractivity contribution in [3.8, 4) is 0 Å². The molecule has 2 aromatic carbocycles. The molecule has 0 aliphatic rings. The SMILES string of the molecule is O=C(C=Cc1ccc([N+](=O)[O-])cc1)c1cc2cc(Br)cc(Br)c2oc1=O. The Morgan fingerprint density at radius 1 is 1.12 bits per heavy atom. The molecule has 26 heavy (non-hydrogen) atoms. The molecule has 0 radical (unpaired) electrons. The highest BCUT2D eigenvalue weighted by Gasteiger charge is 2.13. The van der Waals surface area contributed by atoms with Crippen LogP contribution in [0.25, 0.3) is 17.0 Å². The number of allylic oxidation sites excluding steroid dienone is 1. The molecule has 1 heterocycles. The number of hydrogen-bond acceptors (Lipinski definition) is 5. The quantitative estimate of drug-likeness (QED) is 0.170. The highest BCUT2D eigenvalue weighted by atomic mass is 79.9. The van der Waals surface area contributed by atoms with Gasteiger partial charge in [0.2, 0.25) is 0 Å². The Morgan fingerprint density at radius 3 is 2.46 bits per heavy atom. The van der Waals surface area contributed by atoms with E-state index in [1.54, 1.807) is 12.1 Å². The highest BCUT2D eigenvalue weighted by Crippen LogP contribution is 2.28. The molecular formula is C18H9Br2NO5. The minimum absolute atomic E-state index is 0.0418. The van der Waals surface area contributed by atoms with Gasteiger partial charge in [0.05, 0.1) is 9.40 Å². The maximum Gasteiger partial charge on any atom is 0.347 e. The Morgan fingerprint density at radius 2 is 1.81 bits per heavy atom. The fourth-order valence-corrected chi connectivity index (χ4v) is 3.64. The number of rotatable bonds is 4.